The van der Waals surface area contributed by atoms with Crippen LogP contribution in [0.3, 0.4) is 0 Å². The molecule has 0 aliphatic heterocycles. The van der Waals surface area contributed by atoms with Crippen LogP contribution in [0, 0.1) is 6.92 Å². The molecular formula is C17H17N5O. The number of amides is 1. The van der Waals surface area contributed by atoms with Crippen molar-refractivity contribution in [3.05, 3.63) is 65.6 Å². The first-order valence-electron chi connectivity index (χ1n) is 7.35. The van der Waals surface area contributed by atoms with E-state index in [2.05, 4.69) is 25.5 Å². The number of benzene rings is 1. The van der Waals surface area contributed by atoms with Crippen molar-refractivity contribution in [3.63, 3.8) is 0 Å². The largest absolute Gasteiger partial charge is 0.342 e. The maximum Gasteiger partial charge on any atom is 0.251 e. The number of hydrogen-bond acceptors (Lipinski definition) is 4. The Morgan fingerprint density at radius 1 is 1.22 bits per heavy atom. The zero-order valence-corrected chi connectivity index (χ0v) is 12.9. The van der Waals surface area contributed by atoms with Crippen LogP contribution in [0.1, 0.15) is 34.7 Å². The molecule has 0 aliphatic carbocycles. The molecule has 6 nitrogen and oxygen atoms in total. The maximum absolute atomic E-state index is 12.2. The predicted molar refractivity (Wildman–Crippen MR) is 86.7 cm³/mol. The molecule has 1 aromatic carbocycles. The first kappa shape index (κ1) is 14.9. The van der Waals surface area contributed by atoms with E-state index in [-0.39, 0.29) is 11.9 Å². The Labute approximate surface area is 134 Å². The number of nitrogens with zero attached hydrogens (tertiary/aromatic N) is 3. The third-order valence-corrected chi connectivity index (χ3v) is 3.44. The lowest BCUT2D eigenvalue weighted by molar-refractivity contribution is 0.0938. The van der Waals surface area contributed by atoms with E-state index in [0.717, 1.165) is 5.56 Å². The number of aromatic nitrogens is 4. The Hall–Kier alpha value is -3.02. The zero-order chi connectivity index (χ0) is 16.2. The number of hydrogen-bond donors (Lipinski definition) is 2. The molecule has 23 heavy (non-hydrogen) atoms. The summed E-state index contributed by atoms with van der Waals surface area (Å²) in [7, 11) is 0. The van der Waals surface area contributed by atoms with Gasteiger partial charge in [-0.3, -0.25) is 14.9 Å². The molecule has 3 rings (SSSR count). The molecule has 6 heteroatoms. The molecule has 1 amide bonds. The molecular weight excluding hydrogens is 290 g/mol. The summed E-state index contributed by atoms with van der Waals surface area (Å²) < 4.78 is 0. The van der Waals surface area contributed by atoms with Crippen LogP contribution in [0.25, 0.3) is 11.5 Å². The van der Waals surface area contributed by atoms with Crippen molar-refractivity contribution in [2.75, 3.05) is 0 Å². The highest BCUT2D eigenvalue weighted by Gasteiger charge is 2.16. The first-order valence-corrected chi connectivity index (χ1v) is 7.35. The summed E-state index contributed by atoms with van der Waals surface area (Å²) in [6, 6.07) is 12.6. The third kappa shape index (κ3) is 3.42. The molecule has 0 bridgehead atoms. The van der Waals surface area contributed by atoms with E-state index in [4.69, 9.17) is 0 Å². The van der Waals surface area contributed by atoms with Gasteiger partial charge < -0.3 is 5.32 Å². The predicted octanol–water partition coefficient (Wildman–Crippen LogP) is 2.67. The van der Waals surface area contributed by atoms with Gasteiger partial charge in [-0.2, -0.15) is 5.10 Å². The van der Waals surface area contributed by atoms with Gasteiger partial charge in [0.25, 0.3) is 5.91 Å². The number of aromatic amines is 1. The molecule has 1 unspecified atom stereocenters. The molecule has 2 aromatic heterocycles. The quantitative estimate of drug-likeness (QED) is 0.776. The van der Waals surface area contributed by atoms with Crippen molar-refractivity contribution < 1.29 is 4.79 Å². The van der Waals surface area contributed by atoms with Gasteiger partial charge in [-0.05, 0) is 43.7 Å². The number of nitrogens with one attached hydrogen (secondary N) is 2. The summed E-state index contributed by atoms with van der Waals surface area (Å²) in [5.74, 6) is 0.960. The van der Waals surface area contributed by atoms with E-state index in [1.165, 1.54) is 0 Å². The number of carbonyl (C=O) groups excluding carboxylic acids is 1. The monoisotopic (exact) mass is 307 g/mol. The second-order valence-electron chi connectivity index (χ2n) is 5.32. The minimum Gasteiger partial charge on any atom is -0.342 e. The fourth-order valence-corrected chi connectivity index (χ4v) is 2.18. The molecule has 0 spiro atoms. The van der Waals surface area contributed by atoms with E-state index in [9.17, 15) is 4.79 Å². The lowest BCUT2D eigenvalue weighted by atomic mass is 10.2. The standard InChI is InChI=1S/C17H17N5O/c1-11-8-9-18-14(10-11)16-20-15(21-22-16)12(2)19-17(23)13-6-4-3-5-7-13/h3-10,12H,1-2H3,(H,19,23)(H,20,21,22). The van der Waals surface area contributed by atoms with Gasteiger partial charge in [-0.1, -0.05) is 18.2 Å². The van der Waals surface area contributed by atoms with Crippen LogP contribution >= 0.6 is 0 Å². The molecule has 1 atom stereocenters. The lowest BCUT2D eigenvalue weighted by Crippen LogP contribution is -2.27. The molecule has 2 N–H and O–H groups in total. The van der Waals surface area contributed by atoms with Crippen LogP contribution < -0.4 is 5.32 Å². The van der Waals surface area contributed by atoms with E-state index in [1.807, 2.05) is 44.2 Å². The van der Waals surface area contributed by atoms with Gasteiger partial charge in [-0.15, -0.1) is 0 Å². The molecule has 3 aromatic rings. The molecule has 0 aliphatic rings. The van der Waals surface area contributed by atoms with Crippen molar-refractivity contribution in [1.29, 1.82) is 0 Å². The second kappa shape index (κ2) is 6.39. The Balaban J connectivity index is 1.74. The van der Waals surface area contributed by atoms with Crippen molar-refractivity contribution >= 4 is 5.91 Å². The summed E-state index contributed by atoms with van der Waals surface area (Å²) in [6.07, 6.45) is 1.72. The molecule has 2 heterocycles. The molecule has 0 saturated carbocycles. The van der Waals surface area contributed by atoms with Crippen LogP contribution in [-0.2, 0) is 0 Å². The number of rotatable bonds is 4. The minimum atomic E-state index is -0.284. The van der Waals surface area contributed by atoms with E-state index in [0.29, 0.717) is 22.9 Å². The average molecular weight is 307 g/mol. The Morgan fingerprint density at radius 2 is 2.00 bits per heavy atom. The van der Waals surface area contributed by atoms with Crippen LogP contribution in [-0.4, -0.2) is 26.1 Å². The second-order valence-corrected chi connectivity index (χ2v) is 5.32. The Morgan fingerprint density at radius 3 is 2.74 bits per heavy atom. The average Bonchev–Trinajstić information content (AvgIpc) is 3.06. The van der Waals surface area contributed by atoms with Crippen LogP contribution in [0.5, 0.6) is 0 Å². The van der Waals surface area contributed by atoms with Crippen molar-refractivity contribution in [2.45, 2.75) is 19.9 Å². The van der Waals surface area contributed by atoms with Gasteiger partial charge in [0.2, 0.25) is 0 Å². The summed E-state index contributed by atoms with van der Waals surface area (Å²) in [6.45, 7) is 3.84. The molecule has 116 valence electrons. The minimum absolute atomic E-state index is 0.148. The van der Waals surface area contributed by atoms with E-state index < -0.39 is 0 Å². The highest BCUT2D eigenvalue weighted by Crippen LogP contribution is 2.15. The van der Waals surface area contributed by atoms with Gasteiger partial charge >= 0.3 is 0 Å². The van der Waals surface area contributed by atoms with Crippen molar-refractivity contribution in [3.8, 4) is 11.5 Å². The lowest BCUT2D eigenvalue weighted by Gasteiger charge is -2.10. The maximum atomic E-state index is 12.2. The van der Waals surface area contributed by atoms with Gasteiger partial charge in [0.05, 0.1) is 6.04 Å². The molecule has 0 radical (unpaired) electrons. The summed E-state index contributed by atoms with van der Waals surface area (Å²) >= 11 is 0. The fourth-order valence-electron chi connectivity index (χ4n) is 2.18. The fraction of sp³-hybridized carbons (Fsp3) is 0.176. The highest BCUT2D eigenvalue weighted by atomic mass is 16.1. The number of pyridine rings is 1. The Bertz CT molecular complexity index is 813. The van der Waals surface area contributed by atoms with Gasteiger partial charge in [0.1, 0.15) is 11.5 Å². The van der Waals surface area contributed by atoms with Crippen LogP contribution in [0.4, 0.5) is 0 Å². The molecule has 0 fully saturated rings. The van der Waals surface area contributed by atoms with Crippen molar-refractivity contribution in [1.82, 2.24) is 25.5 Å². The normalized spacial score (nSPS) is 11.9. The third-order valence-electron chi connectivity index (χ3n) is 3.44. The summed E-state index contributed by atoms with van der Waals surface area (Å²) in [4.78, 5) is 20.8. The van der Waals surface area contributed by atoms with Gasteiger partial charge in [0, 0.05) is 11.8 Å². The van der Waals surface area contributed by atoms with E-state index in [1.54, 1.807) is 18.3 Å². The van der Waals surface area contributed by atoms with E-state index >= 15 is 0 Å². The number of aryl methyl sites for hydroxylation is 1. The smallest absolute Gasteiger partial charge is 0.251 e. The topological polar surface area (TPSA) is 83.6 Å². The number of carbonyl (C=O) groups is 1. The summed E-state index contributed by atoms with van der Waals surface area (Å²) in [5.41, 5.74) is 2.40. The molecule has 0 saturated heterocycles. The zero-order valence-electron chi connectivity index (χ0n) is 12.9. The van der Waals surface area contributed by atoms with Crippen LogP contribution in [0.2, 0.25) is 0 Å². The van der Waals surface area contributed by atoms with Crippen molar-refractivity contribution in [2.24, 2.45) is 0 Å². The van der Waals surface area contributed by atoms with Crippen LogP contribution in [0.15, 0.2) is 48.7 Å². The summed E-state index contributed by atoms with van der Waals surface area (Å²) in [5, 5.41) is 9.94. The highest BCUT2D eigenvalue weighted by molar-refractivity contribution is 5.94. The SMILES string of the molecule is Cc1ccnc(-c2n[nH]c(C(C)NC(=O)c3ccccc3)n2)c1. The van der Waals surface area contributed by atoms with Gasteiger partial charge in [-0.25, -0.2) is 4.98 Å². The van der Waals surface area contributed by atoms with Gasteiger partial charge in [0.15, 0.2) is 5.82 Å². The first-order chi connectivity index (χ1) is 11.1. The number of H-pyrrole nitrogens is 1. The Kier molecular flexibility index (Phi) is 4.14.